The molecule has 0 amide bonds. The van der Waals surface area contributed by atoms with Gasteiger partial charge in [0.05, 0.1) is 6.61 Å². The topological polar surface area (TPSA) is 21.3 Å². The van der Waals surface area contributed by atoms with Gasteiger partial charge in [-0.25, -0.2) is 0 Å². The van der Waals surface area contributed by atoms with Crippen molar-refractivity contribution in [2.45, 2.75) is 39.5 Å². The van der Waals surface area contributed by atoms with Crippen molar-refractivity contribution in [1.29, 1.82) is 0 Å². The van der Waals surface area contributed by atoms with Gasteiger partial charge in [-0.2, -0.15) is 0 Å². The van der Waals surface area contributed by atoms with Crippen molar-refractivity contribution >= 4 is 11.6 Å². The van der Waals surface area contributed by atoms with Crippen LogP contribution >= 0.6 is 11.6 Å². The molecule has 1 aromatic rings. The summed E-state index contributed by atoms with van der Waals surface area (Å²) >= 11 is 5.96. The summed E-state index contributed by atoms with van der Waals surface area (Å²) in [5.74, 6) is 0.921. The Morgan fingerprint density at radius 3 is 2.67 bits per heavy atom. The minimum Gasteiger partial charge on any atom is -0.494 e. The van der Waals surface area contributed by atoms with E-state index in [0.29, 0.717) is 0 Å². The third-order valence-electron chi connectivity index (χ3n) is 2.90. The summed E-state index contributed by atoms with van der Waals surface area (Å²) in [6.45, 7) is 7.13. The summed E-state index contributed by atoms with van der Waals surface area (Å²) in [6, 6.07) is 5.82. The number of unbranched alkanes of at least 4 members (excludes halogenated alkanes) is 3. The second-order valence-electron chi connectivity index (χ2n) is 4.53. The lowest BCUT2D eigenvalue weighted by atomic mass is 10.2. The summed E-state index contributed by atoms with van der Waals surface area (Å²) in [6.07, 6.45) is 4.88. The first kappa shape index (κ1) is 15.3. The first-order valence-electron chi connectivity index (χ1n) is 6.83. The lowest BCUT2D eigenvalue weighted by Gasteiger charge is -2.07. The fourth-order valence-electron chi connectivity index (χ4n) is 1.78. The fourth-order valence-corrected chi connectivity index (χ4v) is 1.90. The van der Waals surface area contributed by atoms with Gasteiger partial charge in [-0.3, -0.25) is 0 Å². The molecule has 3 heteroatoms. The highest BCUT2D eigenvalue weighted by Gasteiger charge is 1.98. The van der Waals surface area contributed by atoms with Crippen molar-refractivity contribution in [3.63, 3.8) is 0 Å². The van der Waals surface area contributed by atoms with Crippen LogP contribution in [0.3, 0.4) is 0 Å². The van der Waals surface area contributed by atoms with E-state index in [1.54, 1.807) is 0 Å². The van der Waals surface area contributed by atoms with Crippen molar-refractivity contribution in [3.8, 4) is 5.75 Å². The van der Waals surface area contributed by atoms with Crippen molar-refractivity contribution in [1.82, 2.24) is 5.32 Å². The first-order chi connectivity index (χ1) is 8.74. The molecule has 2 nitrogen and oxygen atoms in total. The van der Waals surface area contributed by atoms with E-state index in [1.807, 2.05) is 25.1 Å². The maximum atomic E-state index is 5.96. The predicted molar refractivity (Wildman–Crippen MR) is 78.7 cm³/mol. The molecular formula is C15H24ClNO. The molecule has 1 N–H and O–H groups in total. The molecule has 0 aliphatic rings. The van der Waals surface area contributed by atoms with Crippen LogP contribution in [-0.2, 0) is 0 Å². The third kappa shape index (κ3) is 6.27. The van der Waals surface area contributed by atoms with E-state index in [1.165, 1.54) is 19.3 Å². The Morgan fingerprint density at radius 1 is 1.17 bits per heavy atom. The lowest BCUT2D eigenvalue weighted by molar-refractivity contribution is 0.304. The summed E-state index contributed by atoms with van der Waals surface area (Å²) in [4.78, 5) is 0. The number of hydrogen-bond donors (Lipinski definition) is 1. The Morgan fingerprint density at radius 2 is 1.94 bits per heavy atom. The van der Waals surface area contributed by atoms with Crippen molar-refractivity contribution < 1.29 is 4.74 Å². The van der Waals surface area contributed by atoms with E-state index >= 15 is 0 Å². The SMILES string of the molecule is CCNCCCCCCOc1ccc(Cl)c(C)c1. The Bertz CT molecular complexity index is 341. The monoisotopic (exact) mass is 269 g/mol. The van der Waals surface area contributed by atoms with Crippen LogP contribution < -0.4 is 10.1 Å². The number of halogens is 1. The van der Waals surface area contributed by atoms with Gasteiger partial charge in [-0.05, 0) is 56.6 Å². The highest BCUT2D eigenvalue weighted by molar-refractivity contribution is 6.31. The molecule has 0 unspecified atom stereocenters. The Hall–Kier alpha value is -0.730. The number of nitrogens with one attached hydrogen (secondary N) is 1. The van der Waals surface area contributed by atoms with Crippen molar-refractivity contribution in [2.75, 3.05) is 19.7 Å². The molecule has 0 aromatic heterocycles. The maximum Gasteiger partial charge on any atom is 0.119 e. The van der Waals surface area contributed by atoms with Gasteiger partial charge in [0, 0.05) is 5.02 Å². The van der Waals surface area contributed by atoms with E-state index in [2.05, 4.69) is 12.2 Å². The molecular weight excluding hydrogens is 246 g/mol. The second kappa shape index (κ2) is 9.23. The Kier molecular flexibility index (Phi) is 7.86. The lowest BCUT2D eigenvalue weighted by Crippen LogP contribution is -2.13. The number of benzene rings is 1. The van der Waals surface area contributed by atoms with Gasteiger partial charge >= 0.3 is 0 Å². The highest BCUT2D eigenvalue weighted by atomic mass is 35.5. The highest BCUT2D eigenvalue weighted by Crippen LogP contribution is 2.21. The van der Waals surface area contributed by atoms with Crippen LogP contribution in [0.4, 0.5) is 0 Å². The zero-order valence-electron chi connectivity index (χ0n) is 11.5. The fraction of sp³-hybridized carbons (Fsp3) is 0.600. The molecule has 0 radical (unpaired) electrons. The quantitative estimate of drug-likeness (QED) is 0.679. The van der Waals surface area contributed by atoms with Crippen LogP contribution in [0.2, 0.25) is 5.02 Å². The van der Waals surface area contributed by atoms with Crippen LogP contribution in [0.5, 0.6) is 5.75 Å². The molecule has 0 saturated carbocycles. The van der Waals surface area contributed by atoms with E-state index < -0.39 is 0 Å². The van der Waals surface area contributed by atoms with Gasteiger partial charge in [0.15, 0.2) is 0 Å². The molecule has 1 rings (SSSR count). The van der Waals surface area contributed by atoms with E-state index in [-0.39, 0.29) is 0 Å². The average Bonchev–Trinajstić information content (AvgIpc) is 2.37. The van der Waals surface area contributed by atoms with Gasteiger partial charge in [-0.15, -0.1) is 0 Å². The zero-order valence-corrected chi connectivity index (χ0v) is 12.2. The van der Waals surface area contributed by atoms with Gasteiger partial charge < -0.3 is 10.1 Å². The maximum absolute atomic E-state index is 5.96. The van der Waals surface area contributed by atoms with Gasteiger partial charge in [0.25, 0.3) is 0 Å². The largest absolute Gasteiger partial charge is 0.494 e. The number of aryl methyl sites for hydroxylation is 1. The van der Waals surface area contributed by atoms with Crippen LogP contribution in [0.15, 0.2) is 18.2 Å². The smallest absolute Gasteiger partial charge is 0.119 e. The molecule has 0 atom stereocenters. The summed E-state index contributed by atoms with van der Waals surface area (Å²) in [7, 11) is 0. The van der Waals surface area contributed by atoms with Crippen molar-refractivity contribution in [2.24, 2.45) is 0 Å². The minimum atomic E-state index is 0.794. The molecule has 0 aliphatic heterocycles. The number of hydrogen-bond acceptors (Lipinski definition) is 2. The summed E-state index contributed by atoms with van der Waals surface area (Å²) in [5.41, 5.74) is 1.07. The molecule has 0 aliphatic carbocycles. The van der Waals surface area contributed by atoms with Crippen LogP contribution in [0, 0.1) is 6.92 Å². The number of rotatable bonds is 9. The molecule has 1 aromatic carbocycles. The molecule has 102 valence electrons. The van der Waals surface area contributed by atoms with Crippen LogP contribution in [0.25, 0.3) is 0 Å². The molecule has 0 fully saturated rings. The van der Waals surface area contributed by atoms with E-state index in [0.717, 1.165) is 42.5 Å². The first-order valence-corrected chi connectivity index (χ1v) is 7.21. The minimum absolute atomic E-state index is 0.794. The molecule has 18 heavy (non-hydrogen) atoms. The van der Waals surface area contributed by atoms with E-state index in [4.69, 9.17) is 16.3 Å². The Balaban J connectivity index is 2.05. The second-order valence-corrected chi connectivity index (χ2v) is 4.93. The summed E-state index contributed by atoms with van der Waals surface area (Å²) in [5, 5.41) is 4.13. The van der Waals surface area contributed by atoms with Gasteiger partial charge in [0.2, 0.25) is 0 Å². The van der Waals surface area contributed by atoms with Crippen molar-refractivity contribution in [3.05, 3.63) is 28.8 Å². The molecule has 0 heterocycles. The average molecular weight is 270 g/mol. The van der Waals surface area contributed by atoms with Gasteiger partial charge in [-0.1, -0.05) is 31.4 Å². The Labute approximate surface area is 116 Å². The van der Waals surface area contributed by atoms with Crippen LogP contribution in [-0.4, -0.2) is 19.7 Å². The molecule has 0 bridgehead atoms. The standard InChI is InChI=1S/C15H24ClNO/c1-3-17-10-6-4-5-7-11-18-14-8-9-15(16)13(2)12-14/h8-9,12,17H,3-7,10-11H2,1-2H3. The zero-order chi connectivity index (χ0) is 13.2. The van der Waals surface area contributed by atoms with Crippen LogP contribution in [0.1, 0.15) is 38.2 Å². The number of ether oxygens (including phenoxy) is 1. The predicted octanol–water partition coefficient (Wildman–Crippen LogP) is 4.20. The molecule has 0 spiro atoms. The molecule has 0 saturated heterocycles. The van der Waals surface area contributed by atoms with Gasteiger partial charge in [0.1, 0.15) is 5.75 Å². The van der Waals surface area contributed by atoms with E-state index in [9.17, 15) is 0 Å². The summed E-state index contributed by atoms with van der Waals surface area (Å²) < 4.78 is 5.70. The third-order valence-corrected chi connectivity index (χ3v) is 3.32. The normalized spacial score (nSPS) is 10.6.